The zero-order valence-electron chi connectivity index (χ0n) is 10.9. The summed E-state index contributed by atoms with van der Waals surface area (Å²) in [5.41, 5.74) is 0.884. The van der Waals surface area contributed by atoms with Crippen LogP contribution in [-0.4, -0.2) is 47.3 Å². The first-order chi connectivity index (χ1) is 9.09. The lowest BCUT2D eigenvalue weighted by molar-refractivity contribution is 0.137. The summed E-state index contributed by atoms with van der Waals surface area (Å²) in [6.07, 6.45) is 5.46. The first-order valence-corrected chi connectivity index (χ1v) is 6.77. The lowest BCUT2D eigenvalue weighted by Gasteiger charge is -2.30. The first-order valence-electron chi connectivity index (χ1n) is 6.40. The van der Waals surface area contributed by atoms with E-state index >= 15 is 0 Å². The molecule has 1 aromatic rings. The summed E-state index contributed by atoms with van der Waals surface area (Å²) in [6, 6.07) is 1.76. The normalized spacial score (nSPS) is 19.9. The van der Waals surface area contributed by atoms with Crippen molar-refractivity contribution in [2.24, 2.45) is 0 Å². The Morgan fingerprint density at radius 1 is 1.58 bits per heavy atom. The van der Waals surface area contributed by atoms with Gasteiger partial charge in [-0.05, 0) is 25.3 Å². The third-order valence-electron chi connectivity index (χ3n) is 3.59. The number of carboxylic acid groups (broad SMARTS) is 1. The summed E-state index contributed by atoms with van der Waals surface area (Å²) >= 11 is 6.19. The molecule has 1 N–H and O–H groups in total. The second-order valence-corrected chi connectivity index (χ2v) is 5.22. The highest BCUT2D eigenvalue weighted by molar-refractivity contribution is 6.33. The van der Waals surface area contributed by atoms with Crippen LogP contribution in [0.2, 0.25) is 5.02 Å². The number of hydrogen-bond acceptors (Lipinski definition) is 3. The number of likely N-dealkylation sites (N-methyl/N-ethyl adjacent to an activating group) is 1. The molecular weight excluding hydrogens is 266 g/mol. The van der Waals surface area contributed by atoms with E-state index in [0.29, 0.717) is 11.6 Å². The number of nitrogens with zero attached hydrogens (tertiary/aromatic N) is 3. The molecule has 1 aliphatic heterocycles. The molecule has 0 aromatic carbocycles. The number of amides is 1. The SMILES string of the molecule is CN(C(=O)O)[C@@H]1CCCCN(c2cnccc2Cl)C1. The van der Waals surface area contributed by atoms with Crippen LogP contribution in [0.25, 0.3) is 0 Å². The fraction of sp³-hybridized carbons (Fsp3) is 0.538. The molecule has 5 nitrogen and oxygen atoms in total. The van der Waals surface area contributed by atoms with Gasteiger partial charge in [0, 0.05) is 26.3 Å². The minimum absolute atomic E-state index is 0.00345. The van der Waals surface area contributed by atoms with Crippen LogP contribution in [0.4, 0.5) is 10.5 Å². The first kappa shape index (κ1) is 13.9. The quantitative estimate of drug-likeness (QED) is 0.907. The van der Waals surface area contributed by atoms with Crippen molar-refractivity contribution in [3.8, 4) is 0 Å². The van der Waals surface area contributed by atoms with Crippen LogP contribution in [0, 0.1) is 0 Å². The molecule has 0 saturated carbocycles. The van der Waals surface area contributed by atoms with E-state index < -0.39 is 6.09 Å². The van der Waals surface area contributed by atoms with E-state index in [1.165, 1.54) is 4.90 Å². The Labute approximate surface area is 117 Å². The fourth-order valence-electron chi connectivity index (χ4n) is 2.41. The second-order valence-electron chi connectivity index (χ2n) is 4.82. The van der Waals surface area contributed by atoms with Crippen molar-refractivity contribution in [1.29, 1.82) is 0 Å². The summed E-state index contributed by atoms with van der Waals surface area (Å²) in [5, 5.41) is 9.77. The Hall–Kier alpha value is -1.49. The van der Waals surface area contributed by atoms with Crippen molar-refractivity contribution < 1.29 is 9.90 Å². The van der Waals surface area contributed by atoms with E-state index in [4.69, 9.17) is 16.7 Å². The Bertz CT molecular complexity index is 455. The highest BCUT2D eigenvalue weighted by Crippen LogP contribution is 2.27. The van der Waals surface area contributed by atoms with Crippen molar-refractivity contribution >= 4 is 23.4 Å². The van der Waals surface area contributed by atoms with Crippen LogP contribution in [-0.2, 0) is 0 Å². The lowest BCUT2D eigenvalue weighted by atomic mass is 10.1. The van der Waals surface area contributed by atoms with E-state index in [1.54, 1.807) is 25.5 Å². The molecule has 2 rings (SSSR count). The van der Waals surface area contributed by atoms with Gasteiger partial charge in [0.05, 0.1) is 22.9 Å². The molecule has 1 saturated heterocycles. The van der Waals surface area contributed by atoms with Crippen LogP contribution in [0.1, 0.15) is 19.3 Å². The number of carbonyl (C=O) groups is 1. The van der Waals surface area contributed by atoms with Gasteiger partial charge in [-0.1, -0.05) is 11.6 Å². The van der Waals surface area contributed by atoms with Crippen molar-refractivity contribution in [1.82, 2.24) is 9.88 Å². The predicted octanol–water partition coefficient (Wildman–Crippen LogP) is 2.70. The highest BCUT2D eigenvalue weighted by atomic mass is 35.5. The molecule has 1 aliphatic rings. The molecule has 6 heteroatoms. The molecular formula is C13H18ClN3O2. The zero-order valence-corrected chi connectivity index (χ0v) is 11.7. The number of halogens is 1. The second kappa shape index (κ2) is 6.10. The van der Waals surface area contributed by atoms with E-state index in [2.05, 4.69) is 9.88 Å². The number of aromatic nitrogens is 1. The van der Waals surface area contributed by atoms with E-state index in [1.807, 2.05) is 0 Å². The zero-order chi connectivity index (χ0) is 13.8. The van der Waals surface area contributed by atoms with Crippen LogP contribution < -0.4 is 4.90 Å². The van der Waals surface area contributed by atoms with Crippen molar-refractivity contribution in [2.75, 3.05) is 25.0 Å². The van der Waals surface area contributed by atoms with Gasteiger partial charge in [-0.2, -0.15) is 0 Å². The summed E-state index contributed by atoms with van der Waals surface area (Å²) in [6.45, 7) is 1.55. The van der Waals surface area contributed by atoms with E-state index in [9.17, 15) is 4.79 Å². The molecule has 0 unspecified atom stereocenters. The molecule has 1 fully saturated rings. The standard InChI is InChI=1S/C13H18ClN3O2/c1-16(13(18)19)10-4-2-3-7-17(9-10)12-8-15-6-5-11(12)14/h5-6,8,10H,2-4,7,9H2,1H3,(H,18,19)/t10-/m1/s1. The van der Waals surface area contributed by atoms with Gasteiger partial charge in [-0.15, -0.1) is 0 Å². The Balaban J connectivity index is 2.17. The van der Waals surface area contributed by atoms with Gasteiger partial charge in [0.2, 0.25) is 0 Å². The predicted molar refractivity (Wildman–Crippen MR) is 74.9 cm³/mol. The van der Waals surface area contributed by atoms with Gasteiger partial charge in [-0.25, -0.2) is 4.79 Å². The maximum absolute atomic E-state index is 11.1. The molecule has 1 atom stereocenters. The van der Waals surface area contributed by atoms with Crippen molar-refractivity contribution in [3.05, 3.63) is 23.5 Å². The van der Waals surface area contributed by atoms with Gasteiger partial charge in [-0.3, -0.25) is 4.98 Å². The van der Waals surface area contributed by atoms with Crippen molar-refractivity contribution in [3.63, 3.8) is 0 Å². The molecule has 104 valence electrons. The third-order valence-corrected chi connectivity index (χ3v) is 3.90. The molecule has 0 bridgehead atoms. The molecule has 0 spiro atoms. The Morgan fingerprint density at radius 3 is 3.05 bits per heavy atom. The van der Waals surface area contributed by atoms with Crippen LogP contribution in [0.15, 0.2) is 18.5 Å². The summed E-state index contributed by atoms with van der Waals surface area (Å²) in [4.78, 5) is 18.7. The fourth-order valence-corrected chi connectivity index (χ4v) is 2.64. The van der Waals surface area contributed by atoms with Crippen molar-refractivity contribution in [2.45, 2.75) is 25.3 Å². The summed E-state index contributed by atoms with van der Waals surface area (Å²) < 4.78 is 0. The molecule has 19 heavy (non-hydrogen) atoms. The third kappa shape index (κ3) is 3.29. The molecule has 0 radical (unpaired) electrons. The minimum Gasteiger partial charge on any atom is -0.465 e. The molecule has 2 heterocycles. The summed E-state index contributed by atoms with van der Waals surface area (Å²) in [5.74, 6) is 0. The van der Waals surface area contributed by atoms with Gasteiger partial charge >= 0.3 is 6.09 Å². The Kier molecular flexibility index (Phi) is 4.47. The molecule has 0 aliphatic carbocycles. The maximum atomic E-state index is 11.1. The highest BCUT2D eigenvalue weighted by Gasteiger charge is 2.25. The number of hydrogen-bond donors (Lipinski definition) is 1. The van der Waals surface area contributed by atoms with Crippen LogP contribution in [0.5, 0.6) is 0 Å². The van der Waals surface area contributed by atoms with Gasteiger partial charge in [0.15, 0.2) is 0 Å². The number of rotatable bonds is 2. The average molecular weight is 284 g/mol. The van der Waals surface area contributed by atoms with E-state index in [-0.39, 0.29) is 6.04 Å². The molecule has 1 amide bonds. The van der Waals surface area contributed by atoms with Gasteiger partial charge in [0.1, 0.15) is 0 Å². The van der Waals surface area contributed by atoms with Gasteiger partial charge < -0.3 is 14.9 Å². The largest absolute Gasteiger partial charge is 0.465 e. The van der Waals surface area contributed by atoms with Gasteiger partial charge in [0.25, 0.3) is 0 Å². The summed E-state index contributed by atoms with van der Waals surface area (Å²) in [7, 11) is 1.63. The smallest absolute Gasteiger partial charge is 0.407 e. The topological polar surface area (TPSA) is 56.7 Å². The lowest BCUT2D eigenvalue weighted by Crippen LogP contribution is -2.43. The number of pyridine rings is 1. The minimum atomic E-state index is -0.885. The average Bonchev–Trinajstić information content (AvgIpc) is 2.64. The molecule has 1 aromatic heterocycles. The number of anilines is 1. The van der Waals surface area contributed by atoms with Crippen LogP contribution in [0.3, 0.4) is 0 Å². The Morgan fingerprint density at radius 2 is 2.37 bits per heavy atom. The monoisotopic (exact) mass is 283 g/mol. The van der Waals surface area contributed by atoms with E-state index in [0.717, 1.165) is 31.5 Å². The van der Waals surface area contributed by atoms with Crippen LogP contribution >= 0.6 is 11.6 Å². The maximum Gasteiger partial charge on any atom is 0.407 e.